The summed E-state index contributed by atoms with van der Waals surface area (Å²) < 4.78 is 25.9. The van der Waals surface area contributed by atoms with Gasteiger partial charge in [-0.2, -0.15) is 20.5 Å². The highest BCUT2D eigenvalue weighted by atomic mass is 32.2. The first-order valence-electron chi connectivity index (χ1n) is 4.33. The van der Waals surface area contributed by atoms with Gasteiger partial charge < -0.3 is 4.90 Å². The van der Waals surface area contributed by atoms with Crippen molar-refractivity contribution in [3.05, 3.63) is 0 Å². The van der Waals surface area contributed by atoms with Gasteiger partial charge in [0, 0.05) is 31.0 Å². The first-order valence-corrected chi connectivity index (χ1v) is 5.48. The van der Waals surface area contributed by atoms with E-state index in [4.69, 9.17) is 0 Å². The van der Waals surface area contributed by atoms with E-state index in [1.165, 1.54) is 11.8 Å². The molecular weight excluding hydrogens is 196 g/mol. The van der Waals surface area contributed by atoms with Crippen LogP contribution in [0.15, 0.2) is 0 Å². The van der Waals surface area contributed by atoms with E-state index in [0.29, 0.717) is 13.1 Å². The SMILES string of the molecule is CCC(F)(F)C(=O)N1CCSCC1. The maximum absolute atomic E-state index is 12.9. The first-order chi connectivity index (χ1) is 6.08. The average molecular weight is 209 g/mol. The second-order valence-corrected chi connectivity index (χ2v) is 4.19. The van der Waals surface area contributed by atoms with Gasteiger partial charge in [-0.25, -0.2) is 0 Å². The summed E-state index contributed by atoms with van der Waals surface area (Å²) in [4.78, 5) is 12.5. The maximum atomic E-state index is 12.9. The van der Waals surface area contributed by atoms with Gasteiger partial charge in [-0.3, -0.25) is 4.79 Å². The third-order valence-electron chi connectivity index (χ3n) is 2.06. The molecule has 0 aromatic carbocycles. The summed E-state index contributed by atoms with van der Waals surface area (Å²) in [6.45, 7) is 2.24. The van der Waals surface area contributed by atoms with Crippen molar-refractivity contribution >= 4 is 17.7 Å². The highest BCUT2D eigenvalue weighted by molar-refractivity contribution is 7.99. The lowest BCUT2D eigenvalue weighted by Gasteiger charge is -2.29. The quantitative estimate of drug-likeness (QED) is 0.688. The van der Waals surface area contributed by atoms with Gasteiger partial charge in [0.1, 0.15) is 0 Å². The molecule has 1 heterocycles. The third kappa shape index (κ3) is 2.56. The Labute approximate surface area is 80.7 Å². The van der Waals surface area contributed by atoms with E-state index in [-0.39, 0.29) is 0 Å². The van der Waals surface area contributed by atoms with Crippen LogP contribution in [0, 0.1) is 0 Å². The van der Waals surface area contributed by atoms with E-state index in [1.54, 1.807) is 11.8 Å². The zero-order chi connectivity index (χ0) is 9.90. The van der Waals surface area contributed by atoms with Gasteiger partial charge in [0.2, 0.25) is 0 Å². The molecular formula is C8H13F2NOS. The Kier molecular flexibility index (Phi) is 3.53. The molecule has 0 spiro atoms. The smallest absolute Gasteiger partial charge is 0.324 e. The first kappa shape index (κ1) is 10.8. The Morgan fingerprint density at radius 2 is 2.00 bits per heavy atom. The number of hydrogen-bond donors (Lipinski definition) is 0. The Hall–Kier alpha value is -0.320. The summed E-state index contributed by atoms with van der Waals surface area (Å²) in [5, 5.41) is 0. The number of alkyl halides is 2. The Balaban J connectivity index is 2.55. The predicted molar refractivity (Wildman–Crippen MR) is 49.1 cm³/mol. The molecule has 76 valence electrons. The lowest BCUT2D eigenvalue weighted by molar-refractivity contribution is -0.157. The van der Waals surface area contributed by atoms with Crippen LogP contribution in [0.3, 0.4) is 0 Å². The van der Waals surface area contributed by atoms with Crippen molar-refractivity contribution < 1.29 is 13.6 Å². The van der Waals surface area contributed by atoms with Gasteiger partial charge >= 0.3 is 5.92 Å². The van der Waals surface area contributed by atoms with Gasteiger partial charge in [0.25, 0.3) is 5.91 Å². The van der Waals surface area contributed by atoms with Crippen molar-refractivity contribution in [2.24, 2.45) is 0 Å². The molecule has 0 atom stereocenters. The Morgan fingerprint density at radius 1 is 1.46 bits per heavy atom. The molecule has 1 rings (SSSR count). The van der Waals surface area contributed by atoms with Crippen molar-refractivity contribution in [2.45, 2.75) is 19.3 Å². The molecule has 1 fully saturated rings. The second-order valence-electron chi connectivity index (χ2n) is 2.96. The molecule has 13 heavy (non-hydrogen) atoms. The van der Waals surface area contributed by atoms with E-state index in [1.807, 2.05) is 0 Å². The van der Waals surface area contributed by atoms with Crippen LogP contribution < -0.4 is 0 Å². The van der Waals surface area contributed by atoms with Crippen molar-refractivity contribution in [3.8, 4) is 0 Å². The number of carbonyl (C=O) groups excluding carboxylic acids is 1. The fourth-order valence-corrected chi connectivity index (χ4v) is 2.05. The number of thioether (sulfide) groups is 1. The molecule has 0 saturated carbocycles. The van der Waals surface area contributed by atoms with Crippen LogP contribution in [-0.2, 0) is 4.79 Å². The van der Waals surface area contributed by atoms with Crippen LogP contribution in [0.25, 0.3) is 0 Å². The molecule has 1 aliphatic rings. The molecule has 1 amide bonds. The number of carbonyl (C=O) groups is 1. The van der Waals surface area contributed by atoms with Crippen LogP contribution in [-0.4, -0.2) is 41.3 Å². The van der Waals surface area contributed by atoms with Crippen molar-refractivity contribution in [2.75, 3.05) is 24.6 Å². The number of nitrogens with zero attached hydrogens (tertiary/aromatic N) is 1. The molecule has 0 N–H and O–H groups in total. The summed E-state index contributed by atoms with van der Waals surface area (Å²) in [7, 11) is 0. The minimum absolute atomic E-state index is 0.407. The molecule has 0 bridgehead atoms. The van der Waals surface area contributed by atoms with E-state index >= 15 is 0 Å². The highest BCUT2D eigenvalue weighted by Gasteiger charge is 2.40. The van der Waals surface area contributed by atoms with Crippen LogP contribution in [0.5, 0.6) is 0 Å². The number of halogens is 2. The summed E-state index contributed by atoms with van der Waals surface area (Å²) in [5.41, 5.74) is 0. The number of amides is 1. The topological polar surface area (TPSA) is 20.3 Å². The molecule has 0 unspecified atom stereocenters. The predicted octanol–water partition coefficient (Wildman–Crippen LogP) is 1.61. The van der Waals surface area contributed by atoms with Crippen molar-refractivity contribution in [1.29, 1.82) is 0 Å². The molecule has 1 saturated heterocycles. The zero-order valence-electron chi connectivity index (χ0n) is 7.56. The molecule has 1 aliphatic heterocycles. The van der Waals surface area contributed by atoms with Gasteiger partial charge in [-0.15, -0.1) is 0 Å². The number of rotatable bonds is 2. The van der Waals surface area contributed by atoms with Crippen LogP contribution in [0.1, 0.15) is 13.3 Å². The second kappa shape index (κ2) is 4.26. The van der Waals surface area contributed by atoms with Gasteiger partial charge in [0.05, 0.1) is 0 Å². The Morgan fingerprint density at radius 3 is 2.46 bits per heavy atom. The molecule has 5 heteroatoms. The standard InChI is InChI=1S/C8H13F2NOS/c1-2-8(9,10)7(12)11-3-5-13-6-4-11/h2-6H2,1H3. The largest absolute Gasteiger partial charge is 0.336 e. The Bertz CT molecular complexity index is 193. The molecule has 0 aromatic heterocycles. The third-order valence-corrected chi connectivity index (χ3v) is 3.00. The lowest BCUT2D eigenvalue weighted by Crippen LogP contribution is -2.46. The summed E-state index contributed by atoms with van der Waals surface area (Å²) in [6.07, 6.45) is -0.407. The zero-order valence-corrected chi connectivity index (χ0v) is 8.37. The minimum atomic E-state index is -3.16. The summed E-state index contributed by atoms with van der Waals surface area (Å²) in [6, 6.07) is 0. The summed E-state index contributed by atoms with van der Waals surface area (Å²) in [5.74, 6) is -2.63. The van der Waals surface area contributed by atoms with Crippen LogP contribution >= 0.6 is 11.8 Å². The van der Waals surface area contributed by atoms with Gasteiger partial charge in [0.15, 0.2) is 0 Å². The van der Waals surface area contributed by atoms with E-state index < -0.39 is 18.3 Å². The van der Waals surface area contributed by atoms with Crippen molar-refractivity contribution in [3.63, 3.8) is 0 Å². The highest BCUT2D eigenvalue weighted by Crippen LogP contribution is 2.22. The van der Waals surface area contributed by atoms with E-state index in [2.05, 4.69) is 0 Å². The molecule has 2 nitrogen and oxygen atoms in total. The normalized spacial score (nSPS) is 18.8. The van der Waals surface area contributed by atoms with Crippen LogP contribution in [0.4, 0.5) is 8.78 Å². The number of hydrogen-bond acceptors (Lipinski definition) is 2. The average Bonchev–Trinajstić information content (AvgIpc) is 2.18. The maximum Gasteiger partial charge on any atom is 0.324 e. The van der Waals surface area contributed by atoms with Gasteiger partial charge in [-0.1, -0.05) is 6.92 Å². The molecule has 0 radical (unpaired) electrons. The fourth-order valence-electron chi connectivity index (χ4n) is 1.15. The van der Waals surface area contributed by atoms with E-state index in [9.17, 15) is 13.6 Å². The van der Waals surface area contributed by atoms with E-state index in [0.717, 1.165) is 11.5 Å². The lowest BCUT2D eigenvalue weighted by atomic mass is 10.2. The van der Waals surface area contributed by atoms with Crippen molar-refractivity contribution in [1.82, 2.24) is 4.90 Å². The summed E-state index contributed by atoms with van der Waals surface area (Å²) >= 11 is 1.70. The molecule has 0 aliphatic carbocycles. The fraction of sp³-hybridized carbons (Fsp3) is 0.875. The monoisotopic (exact) mass is 209 g/mol. The minimum Gasteiger partial charge on any atom is -0.336 e. The molecule has 0 aromatic rings. The van der Waals surface area contributed by atoms with Gasteiger partial charge in [-0.05, 0) is 0 Å². The van der Waals surface area contributed by atoms with Crippen LogP contribution in [0.2, 0.25) is 0 Å².